The van der Waals surface area contributed by atoms with Gasteiger partial charge < -0.3 is 0 Å². The molecule has 0 spiro atoms. The number of allylic oxidation sites excluding steroid dienone is 8. The van der Waals surface area contributed by atoms with Crippen molar-refractivity contribution in [3.05, 3.63) is 122 Å². The fourth-order valence-corrected chi connectivity index (χ4v) is 6.52. The van der Waals surface area contributed by atoms with E-state index < -0.39 is 0 Å². The van der Waals surface area contributed by atoms with Gasteiger partial charge in [0.05, 0.1) is 0 Å². The molecule has 0 unspecified atom stereocenters. The molecule has 2 aromatic carbocycles. The summed E-state index contributed by atoms with van der Waals surface area (Å²) < 4.78 is 0. The molecule has 1 nitrogen and oxygen atoms in total. The summed E-state index contributed by atoms with van der Waals surface area (Å²) >= 11 is 0. The minimum absolute atomic E-state index is 0.500. The molecule has 0 N–H and O–H groups in total. The van der Waals surface area contributed by atoms with Gasteiger partial charge in [-0.05, 0) is 172 Å². The summed E-state index contributed by atoms with van der Waals surface area (Å²) in [7, 11) is 0. The van der Waals surface area contributed by atoms with E-state index in [1.807, 2.05) is 0 Å². The van der Waals surface area contributed by atoms with Crippen LogP contribution in [0.25, 0.3) is 5.57 Å². The van der Waals surface area contributed by atoms with Gasteiger partial charge in [0, 0.05) is 11.4 Å². The quantitative estimate of drug-likeness (QED) is 0.269. The second-order valence-electron chi connectivity index (χ2n) is 15.4. The molecule has 4 rings (SSSR count). The zero-order valence-corrected chi connectivity index (χ0v) is 32.7. The fourth-order valence-electron chi connectivity index (χ4n) is 6.52. The molecule has 0 amide bonds. The molecule has 47 heavy (non-hydrogen) atoms. The highest BCUT2D eigenvalue weighted by Gasteiger charge is 2.21. The number of aryl methyl sites for hydroxylation is 4. The molecule has 1 aliphatic carbocycles. The SMILES string of the molecule is C=C(C)CC1=C(/c2cc(C)c3c(c2C)CCCC3)C\C=C(C(=C)C)/C=C(C)/N=C/1C.CC(C)(C)C.CCc1ccc(CC)c(CC)c1. The Morgan fingerprint density at radius 1 is 0.809 bits per heavy atom. The molecule has 2 aliphatic rings. The van der Waals surface area contributed by atoms with Crippen LogP contribution in [0.3, 0.4) is 0 Å². The Bertz CT molecular complexity index is 1530. The molecular weight excluding hydrogens is 567 g/mol. The smallest absolute Gasteiger partial charge is 0.0414 e. The van der Waals surface area contributed by atoms with Crippen molar-refractivity contribution in [2.24, 2.45) is 10.4 Å². The molecule has 0 saturated carbocycles. The van der Waals surface area contributed by atoms with Crippen molar-refractivity contribution in [1.29, 1.82) is 0 Å². The molecular formula is C46H67N. The Kier molecular flexibility index (Phi) is 15.6. The molecule has 0 saturated heterocycles. The van der Waals surface area contributed by atoms with Gasteiger partial charge in [-0.3, -0.25) is 4.99 Å². The molecule has 1 heterocycles. The van der Waals surface area contributed by atoms with Gasteiger partial charge in [-0.1, -0.05) is 103 Å². The lowest BCUT2D eigenvalue weighted by Crippen LogP contribution is -2.11. The van der Waals surface area contributed by atoms with Crippen LogP contribution in [0.15, 0.2) is 82.6 Å². The fraction of sp³-hybridized carbons (Fsp3) is 0.500. The average molecular weight is 634 g/mol. The molecule has 0 bridgehead atoms. The first kappa shape index (κ1) is 40.0. The van der Waals surface area contributed by atoms with E-state index in [1.54, 1.807) is 11.1 Å². The van der Waals surface area contributed by atoms with Gasteiger partial charge in [-0.15, -0.1) is 0 Å². The summed E-state index contributed by atoms with van der Waals surface area (Å²) in [5.74, 6) is 0. The Morgan fingerprint density at radius 2 is 1.40 bits per heavy atom. The van der Waals surface area contributed by atoms with Crippen LogP contribution >= 0.6 is 0 Å². The predicted octanol–water partition coefficient (Wildman–Crippen LogP) is 13.6. The van der Waals surface area contributed by atoms with E-state index in [1.165, 1.54) is 81.4 Å². The molecule has 256 valence electrons. The number of nitrogens with zero attached hydrogens (tertiary/aromatic N) is 1. The first-order chi connectivity index (χ1) is 22.0. The largest absolute Gasteiger partial charge is 0.258 e. The highest BCUT2D eigenvalue weighted by atomic mass is 14.7. The monoisotopic (exact) mass is 634 g/mol. The second kappa shape index (κ2) is 18.4. The summed E-state index contributed by atoms with van der Waals surface area (Å²) in [6.45, 7) is 36.9. The molecule has 0 aromatic heterocycles. The van der Waals surface area contributed by atoms with Gasteiger partial charge in [0.1, 0.15) is 0 Å². The van der Waals surface area contributed by atoms with Crippen molar-refractivity contribution >= 4 is 11.3 Å². The van der Waals surface area contributed by atoms with Crippen molar-refractivity contribution < 1.29 is 0 Å². The van der Waals surface area contributed by atoms with Crippen LogP contribution in [-0.2, 0) is 32.1 Å². The lowest BCUT2D eigenvalue weighted by atomic mass is 9.80. The lowest BCUT2D eigenvalue weighted by Gasteiger charge is -2.25. The Morgan fingerprint density at radius 3 is 1.94 bits per heavy atom. The summed E-state index contributed by atoms with van der Waals surface area (Å²) in [4.78, 5) is 4.98. The van der Waals surface area contributed by atoms with E-state index in [-0.39, 0.29) is 0 Å². The predicted molar refractivity (Wildman–Crippen MR) is 213 cm³/mol. The van der Waals surface area contributed by atoms with Gasteiger partial charge in [-0.25, -0.2) is 0 Å². The normalized spacial score (nSPS) is 19.7. The Labute approximate surface area is 290 Å². The summed E-state index contributed by atoms with van der Waals surface area (Å²) in [5, 5.41) is 0. The van der Waals surface area contributed by atoms with Crippen molar-refractivity contribution in [3.63, 3.8) is 0 Å². The van der Waals surface area contributed by atoms with Crippen LogP contribution < -0.4 is 0 Å². The number of rotatable bonds is 7. The van der Waals surface area contributed by atoms with Crippen LogP contribution in [0.2, 0.25) is 0 Å². The second-order valence-corrected chi connectivity index (χ2v) is 15.4. The first-order valence-corrected chi connectivity index (χ1v) is 18.2. The van der Waals surface area contributed by atoms with E-state index in [0.717, 1.165) is 49.1 Å². The molecule has 1 aliphatic heterocycles. The number of aliphatic imine (C=N–C) groups is 1. The lowest BCUT2D eigenvalue weighted by molar-refractivity contribution is 0.469. The molecule has 0 atom stereocenters. The van der Waals surface area contributed by atoms with Gasteiger partial charge in [0.15, 0.2) is 0 Å². The van der Waals surface area contributed by atoms with Crippen molar-refractivity contribution in [1.82, 2.24) is 0 Å². The van der Waals surface area contributed by atoms with E-state index in [9.17, 15) is 0 Å². The zero-order valence-electron chi connectivity index (χ0n) is 32.7. The summed E-state index contributed by atoms with van der Waals surface area (Å²) in [6.07, 6.45) is 14.8. The third kappa shape index (κ3) is 12.4. The highest BCUT2D eigenvalue weighted by molar-refractivity contribution is 6.06. The van der Waals surface area contributed by atoms with Crippen LogP contribution in [0, 0.1) is 19.3 Å². The van der Waals surface area contributed by atoms with Gasteiger partial charge in [0.2, 0.25) is 0 Å². The molecule has 2 aromatic rings. The van der Waals surface area contributed by atoms with Crippen molar-refractivity contribution in [2.45, 2.75) is 148 Å². The maximum absolute atomic E-state index is 4.98. The average Bonchev–Trinajstić information content (AvgIpc) is 3.06. The minimum atomic E-state index is 0.500. The van der Waals surface area contributed by atoms with Gasteiger partial charge >= 0.3 is 0 Å². The number of hydrogen-bond donors (Lipinski definition) is 0. The molecule has 1 heteroatoms. The van der Waals surface area contributed by atoms with E-state index in [0.29, 0.717) is 5.41 Å². The topological polar surface area (TPSA) is 12.4 Å². The van der Waals surface area contributed by atoms with E-state index in [4.69, 9.17) is 4.99 Å². The minimum Gasteiger partial charge on any atom is -0.258 e. The van der Waals surface area contributed by atoms with Crippen molar-refractivity contribution in [3.8, 4) is 0 Å². The van der Waals surface area contributed by atoms with Crippen LogP contribution in [0.5, 0.6) is 0 Å². The van der Waals surface area contributed by atoms with E-state index in [2.05, 4.69) is 140 Å². The maximum atomic E-state index is 4.98. The van der Waals surface area contributed by atoms with Gasteiger partial charge in [-0.2, -0.15) is 0 Å². The molecule has 0 fully saturated rings. The third-order valence-corrected chi connectivity index (χ3v) is 8.93. The summed E-state index contributed by atoms with van der Waals surface area (Å²) in [6, 6.07) is 9.31. The Balaban J connectivity index is 0.000000371. The summed E-state index contributed by atoms with van der Waals surface area (Å²) in [5.41, 5.74) is 20.8. The first-order valence-electron chi connectivity index (χ1n) is 18.2. The number of benzene rings is 2. The van der Waals surface area contributed by atoms with Crippen LogP contribution in [0.4, 0.5) is 0 Å². The highest BCUT2D eigenvalue weighted by Crippen LogP contribution is 2.37. The standard InChI is InChI=1S/C29H37N.C12H18.C5H12/c1-18(2)15-29-23(8)30-21(6)17-24(19(3)4)13-14-27(29)28-16-20(5)25-11-9-10-12-26(25)22(28)7;1-4-10-7-8-11(5-2)12(6-3)9-10;1-5(2,3)4/h13,16-17H,1,3,9-12,14-15H2,2,4-8H3;7-9H,4-6H2,1-3H3;1-4H3/b21-17+,24-13+,29-27+,30-23+;;. The zero-order chi connectivity index (χ0) is 35.5. The van der Waals surface area contributed by atoms with Gasteiger partial charge in [0.25, 0.3) is 0 Å². The van der Waals surface area contributed by atoms with Crippen LogP contribution in [-0.4, -0.2) is 5.71 Å². The number of hydrogen-bond acceptors (Lipinski definition) is 1. The number of fused-ring (bicyclic) bond motifs is 1. The van der Waals surface area contributed by atoms with E-state index >= 15 is 0 Å². The third-order valence-electron chi connectivity index (χ3n) is 8.93. The molecule has 0 radical (unpaired) electrons. The van der Waals surface area contributed by atoms with Crippen LogP contribution in [0.1, 0.15) is 146 Å². The van der Waals surface area contributed by atoms with Crippen molar-refractivity contribution in [2.75, 3.05) is 0 Å². The Hall–Kier alpha value is -3.19. The maximum Gasteiger partial charge on any atom is 0.0414 e.